The zero-order valence-electron chi connectivity index (χ0n) is 15.3. The monoisotopic (exact) mass is 406 g/mol. The van der Waals surface area contributed by atoms with Crippen molar-refractivity contribution < 1.29 is 24.2 Å². The average Bonchev–Trinajstić information content (AvgIpc) is 2.77. The molecule has 0 heterocycles. The fourth-order valence-corrected chi connectivity index (χ4v) is 2.69. The number of nitrogens with zero attached hydrogens (tertiary/aromatic N) is 2. The highest BCUT2D eigenvalue weighted by molar-refractivity contribution is 6.02. The van der Waals surface area contributed by atoms with Gasteiger partial charge in [-0.1, -0.05) is 18.2 Å². The Bertz CT molecular complexity index is 1090. The number of hydrogen-bond donors (Lipinski definition) is 0. The predicted molar refractivity (Wildman–Crippen MR) is 105 cm³/mol. The quantitative estimate of drug-likeness (QED) is 0.248. The van der Waals surface area contributed by atoms with Gasteiger partial charge in [0.1, 0.15) is 0 Å². The molecule has 0 N–H and O–H groups in total. The highest BCUT2D eigenvalue weighted by Crippen LogP contribution is 2.27. The lowest BCUT2D eigenvalue weighted by atomic mass is 9.99. The highest BCUT2D eigenvalue weighted by atomic mass is 16.6. The van der Waals surface area contributed by atoms with Crippen LogP contribution in [0.4, 0.5) is 11.4 Å². The maximum Gasteiger partial charge on any atom is 0.339 e. The van der Waals surface area contributed by atoms with Gasteiger partial charge in [0.25, 0.3) is 11.4 Å². The average molecular weight is 406 g/mol. The van der Waals surface area contributed by atoms with Crippen LogP contribution in [-0.4, -0.2) is 21.6 Å². The summed E-state index contributed by atoms with van der Waals surface area (Å²) in [5, 5.41) is 21.7. The van der Waals surface area contributed by atoms with E-state index in [1.54, 1.807) is 18.2 Å². The van der Waals surface area contributed by atoms with E-state index in [0.717, 1.165) is 0 Å². The number of nitro groups is 2. The number of Topliss-reactive ketones (excluding diaryl/α,β-unsaturated/α-hetero) is 1. The zero-order chi connectivity index (χ0) is 21.7. The summed E-state index contributed by atoms with van der Waals surface area (Å²) in [5.41, 5.74) is 0.161. The van der Waals surface area contributed by atoms with E-state index in [4.69, 9.17) is 4.74 Å². The Balaban J connectivity index is 1.95. The molecule has 0 aliphatic rings. The van der Waals surface area contributed by atoms with Crippen LogP contribution in [0.2, 0.25) is 0 Å². The molecule has 0 fully saturated rings. The van der Waals surface area contributed by atoms with Gasteiger partial charge >= 0.3 is 5.97 Å². The van der Waals surface area contributed by atoms with Gasteiger partial charge in [0.15, 0.2) is 6.10 Å². The number of nitro benzene ring substituents is 2. The van der Waals surface area contributed by atoms with Crippen LogP contribution < -0.4 is 0 Å². The molecule has 0 aromatic heterocycles. The van der Waals surface area contributed by atoms with Crippen LogP contribution in [0, 0.1) is 20.2 Å². The van der Waals surface area contributed by atoms with Crippen molar-refractivity contribution in [2.45, 2.75) is 6.10 Å². The van der Waals surface area contributed by atoms with Crippen molar-refractivity contribution in [1.82, 2.24) is 0 Å². The molecule has 150 valence electrons. The minimum atomic E-state index is -1.39. The molecule has 1 unspecified atom stereocenters. The summed E-state index contributed by atoms with van der Waals surface area (Å²) in [4.78, 5) is 46.1. The lowest BCUT2D eigenvalue weighted by Gasteiger charge is -2.17. The van der Waals surface area contributed by atoms with Crippen molar-refractivity contribution in [2.24, 2.45) is 0 Å². The molecule has 1 atom stereocenters. The van der Waals surface area contributed by atoms with Crippen LogP contribution in [0.5, 0.6) is 0 Å². The fraction of sp³-hybridized carbons (Fsp3) is 0.0476. The van der Waals surface area contributed by atoms with Gasteiger partial charge in [-0.25, -0.2) is 4.79 Å². The summed E-state index contributed by atoms with van der Waals surface area (Å²) in [6, 6.07) is 17.9. The molecule has 9 nitrogen and oxygen atoms in total. The van der Waals surface area contributed by atoms with Gasteiger partial charge in [0.05, 0.1) is 15.4 Å². The van der Waals surface area contributed by atoms with Crippen LogP contribution >= 0.6 is 0 Å². The Kier molecular flexibility index (Phi) is 5.92. The molecule has 9 heteroatoms. The molecular weight excluding hydrogens is 392 g/mol. The minimum Gasteiger partial charge on any atom is -0.445 e. The van der Waals surface area contributed by atoms with Gasteiger partial charge < -0.3 is 4.74 Å². The molecule has 0 aliphatic carbocycles. The molecule has 3 aromatic rings. The van der Waals surface area contributed by atoms with Crippen molar-refractivity contribution >= 4 is 23.1 Å². The number of rotatable bonds is 7. The van der Waals surface area contributed by atoms with Crippen LogP contribution in [0.3, 0.4) is 0 Å². The van der Waals surface area contributed by atoms with Gasteiger partial charge in [-0.05, 0) is 36.4 Å². The van der Waals surface area contributed by atoms with Crippen molar-refractivity contribution in [3.05, 3.63) is 116 Å². The zero-order valence-corrected chi connectivity index (χ0v) is 15.3. The number of ether oxygens (including phenoxy) is 1. The molecule has 0 amide bonds. The van der Waals surface area contributed by atoms with Crippen LogP contribution in [0.1, 0.15) is 32.4 Å². The summed E-state index contributed by atoms with van der Waals surface area (Å²) in [6.07, 6.45) is -1.39. The third-order valence-electron chi connectivity index (χ3n) is 4.24. The van der Waals surface area contributed by atoms with Crippen molar-refractivity contribution in [3.8, 4) is 0 Å². The molecule has 0 radical (unpaired) electrons. The van der Waals surface area contributed by atoms with E-state index < -0.39 is 27.7 Å². The predicted octanol–water partition coefficient (Wildman–Crippen LogP) is 4.28. The minimum absolute atomic E-state index is 0.0878. The third kappa shape index (κ3) is 4.53. The van der Waals surface area contributed by atoms with Crippen molar-refractivity contribution in [3.63, 3.8) is 0 Å². The number of ketones is 1. The first kappa shape index (κ1) is 20.3. The Morgan fingerprint density at radius 2 is 1.20 bits per heavy atom. The second kappa shape index (κ2) is 8.74. The van der Waals surface area contributed by atoms with Crippen LogP contribution in [0.25, 0.3) is 0 Å². The van der Waals surface area contributed by atoms with Crippen LogP contribution in [-0.2, 0) is 4.74 Å². The summed E-state index contributed by atoms with van der Waals surface area (Å²) in [7, 11) is 0. The molecule has 0 aliphatic heterocycles. The molecule has 0 saturated heterocycles. The molecule has 0 bridgehead atoms. The van der Waals surface area contributed by atoms with E-state index in [9.17, 15) is 29.8 Å². The molecular formula is C21H14N2O7. The van der Waals surface area contributed by atoms with Crippen molar-refractivity contribution in [1.29, 1.82) is 0 Å². The molecule has 3 rings (SSSR count). The summed E-state index contributed by atoms with van der Waals surface area (Å²) < 4.78 is 5.42. The highest BCUT2D eigenvalue weighted by Gasteiger charge is 2.27. The topological polar surface area (TPSA) is 130 Å². The summed E-state index contributed by atoms with van der Waals surface area (Å²) >= 11 is 0. The number of carbonyl (C=O) groups is 2. The maximum atomic E-state index is 13.0. The summed E-state index contributed by atoms with van der Waals surface area (Å²) in [5.74, 6) is -1.38. The van der Waals surface area contributed by atoms with Gasteiger partial charge in [0.2, 0.25) is 5.78 Å². The lowest BCUT2D eigenvalue weighted by molar-refractivity contribution is -0.385. The third-order valence-corrected chi connectivity index (χ3v) is 4.24. The van der Waals surface area contributed by atoms with Crippen molar-refractivity contribution in [2.75, 3.05) is 0 Å². The Morgan fingerprint density at radius 1 is 0.700 bits per heavy atom. The van der Waals surface area contributed by atoms with E-state index in [0.29, 0.717) is 0 Å². The number of hydrogen-bond acceptors (Lipinski definition) is 7. The maximum absolute atomic E-state index is 13.0. The van der Waals surface area contributed by atoms with E-state index in [1.165, 1.54) is 60.7 Å². The second-order valence-corrected chi connectivity index (χ2v) is 6.17. The van der Waals surface area contributed by atoms with Gasteiger partial charge in [-0.3, -0.25) is 25.0 Å². The SMILES string of the molecule is O=C(OC(C(=O)c1ccc([N+](=O)[O-])cc1)c1ccc([N+](=O)[O-])cc1)c1ccccc1. The smallest absolute Gasteiger partial charge is 0.339 e. The Morgan fingerprint density at radius 3 is 1.70 bits per heavy atom. The second-order valence-electron chi connectivity index (χ2n) is 6.17. The Hall–Kier alpha value is -4.40. The Labute approximate surface area is 169 Å². The van der Waals surface area contributed by atoms with E-state index in [2.05, 4.69) is 0 Å². The first-order chi connectivity index (χ1) is 14.4. The van der Waals surface area contributed by atoms with E-state index in [1.807, 2.05) is 0 Å². The molecule has 0 spiro atoms. The fourth-order valence-electron chi connectivity index (χ4n) is 2.69. The van der Waals surface area contributed by atoms with Crippen LogP contribution in [0.15, 0.2) is 78.9 Å². The summed E-state index contributed by atoms with van der Waals surface area (Å²) in [6.45, 7) is 0. The largest absolute Gasteiger partial charge is 0.445 e. The normalized spacial score (nSPS) is 11.3. The number of non-ortho nitro benzene ring substituents is 2. The standard InChI is InChI=1S/C21H14N2O7/c24-19(14-6-10-17(11-7-14)22(26)27)20(15-8-12-18(13-9-15)23(28)29)30-21(25)16-4-2-1-3-5-16/h1-13,20H. The molecule has 3 aromatic carbocycles. The molecule has 0 saturated carbocycles. The van der Waals surface area contributed by atoms with Gasteiger partial charge in [0, 0.05) is 35.4 Å². The lowest BCUT2D eigenvalue weighted by Crippen LogP contribution is -2.20. The molecule has 30 heavy (non-hydrogen) atoms. The number of benzene rings is 3. The number of esters is 1. The van der Waals surface area contributed by atoms with Gasteiger partial charge in [-0.2, -0.15) is 0 Å². The first-order valence-electron chi connectivity index (χ1n) is 8.66. The first-order valence-corrected chi connectivity index (χ1v) is 8.66. The van der Waals surface area contributed by atoms with E-state index >= 15 is 0 Å². The number of carbonyl (C=O) groups excluding carboxylic acids is 2. The van der Waals surface area contributed by atoms with E-state index in [-0.39, 0.29) is 28.1 Å². The van der Waals surface area contributed by atoms with Gasteiger partial charge in [-0.15, -0.1) is 0 Å².